The van der Waals surface area contributed by atoms with Crippen molar-refractivity contribution < 1.29 is 18.7 Å². The van der Waals surface area contributed by atoms with Crippen LogP contribution < -0.4 is 0 Å². The third-order valence-corrected chi connectivity index (χ3v) is 3.05. The molecule has 2 aromatic rings. The molecule has 0 saturated carbocycles. The van der Waals surface area contributed by atoms with E-state index in [1.807, 2.05) is 6.07 Å². The Morgan fingerprint density at radius 1 is 1.00 bits per heavy atom. The van der Waals surface area contributed by atoms with Crippen LogP contribution in [0.4, 0.5) is 8.78 Å². The van der Waals surface area contributed by atoms with Crippen LogP contribution in [0.15, 0.2) is 48.5 Å². The Morgan fingerprint density at radius 3 is 2.19 bits per heavy atom. The van der Waals surface area contributed by atoms with Crippen LogP contribution in [-0.2, 0) is 6.54 Å². The van der Waals surface area contributed by atoms with Gasteiger partial charge >= 0.3 is 0 Å². The highest BCUT2D eigenvalue weighted by Crippen LogP contribution is 2.16. The minimum absolute atomic E-state index is 0.00149. The van der Waals surface area contributed by atoms with Crippen molar-refractivity contribution in [2.75, 3.05) is 13.2 Å². The fraction of sp³-hybridized carbons (Fsp3) is 0.188. The van der Waals surface area contributed by atoms with Gasteiger partial charge in [0.15, 0.2) is 0 Å². The van der Waals surface area contributed by atoms with Crippen LogP contribution in [0, 0.1) is 11.6 Å². The van der Waals surface area contributed by atoms with Crippen LogP contribution in [0.2, 0.25) is 0 Å². The zero-order valence-corrected chi connectivity index (χ0v) is 11.3. The Morgan fingerprint density at radius 2 is 1.62 bits per heavy atom. The third kappa shape index (κ3) is 3.64. The van der Waals surface area contributed by atoms with Crippen LogP contribution in [-0.4, -0.2) is 29.1 Å². The van der Waals surface area contributed by atoms with Gasteiger partial charge in [-0.1, -0.05) is 36.4 Å². The van der Waals surface area contributed by atoms with E-state index in [2.05, 4.69) is 0 Å². The van der Waals surface area contributed by atoms with Crippen molar-refractivity contribution in [3.8, 4) is 0 Å². The van der Waals surface area contributed by atoms with Crippen molar-refractivity contribution in [3.63, 3.8) is 0 Å². The molecule has 0 aromatic heterocycles. The topological polar surface area (TPSA) is 40.5 Å². The second-order valence-electron chi connectivity index (χ2n) is 4.53. The van der Waals surface area contributed by atoms with Crippen LogP contribution in [0.25, 0.3) is 0 Å². The van der Waals surface area contributed by atoms with Gasteiger partial charge in [0.25, 0.3) is 5.91 Å². The van der Waals surface area contributed by atoms with Gasteiger partial charge in [0, 0.05) is 13.1 Å². The van der Waals surface area contributed by atoms with Crippen LogP contribution in [0.1, 0.15) is 15.9 Å². The summed E-state index contributed by atoms with van der Waals surface area (Å²) in [6, 6.07) is 12.3. The maximum absolute atomic E-state index is 13.7. The van der Waals surface area contributed by atoms with Crippen LogP contribution >= 0.6 is 0 Å². The number of aliphatic hydroxyl groups excluding tert-OH is 1. The summed E-state index contributed by atoms with van der Waals surface area (Å²) in [6.07, 6.45) is 0. The van der Waals surface area contributed by atoms with Gasteiger partial charge in [0.2, 0.25) is 0 Å². The number of benzene rings is 2. The highest BCUT2D eigenvalue weighted by molar-refractivity contribution is 5.94. The quantitative estimate of drug-likeness (QED) is 0.920. The molecule has 0 heterocycles. The number of amides is 1. The minimum atomic E-state index is -0.906. The lowest BCUT2D eigenvalue weighted by Crippen LogP contribution is -2.34. The van der Waals surface area contributed by atoms with Crippen LogP contribution in [0.5, 0.6) is 0 Å². The van der Waals surface area contributed by atoms with Crippen molar-refractivity contribution >= 4 is 5.91 Å². The summed E-state index contributed by atoms with van der Waals surface area (Å²) in [7, 11) is 0. The largest absolute Gasteiger partial charge is 0.395 e. The first-order valence-electron chi connectivity index (χ1n) is 6.51. The molecule has 3 nitrogen and oxygen atoms in total. The lowest BCUT2D eigenvalue weighted by molar-refractivity contribution is 0.0698. The van der Waals surface area contributed by atoms with E-state index in [-0.39, 0.29) is 19.7 Å². The zero-order valence-electron chi connectivity index (χ0n) is 11.3. The molecule has 0 fully saturated rings. The normalized spacial score (nSPS) is 10.4. The van der Waals surface area contributed by atoms with E-state index in [0.29, 0.717) is 0 Å². The molecule has 0 aliphatic carbocycles. The smallest absolute Gasteiger partial charge is 0.260 e. The average Bonchev–Trinajstić information content (AvgIpc) is 2.47. The van der Waals surface area contributed by atoms with Gasteiger partial charge in [-0.25, -0.2) is 8.78 Å². The molecule has 0 spiro atoms. The van der Waals surface area contributed by atoms with E-state index < -0.39 is 23.1 Å². The summed E-state index contributed by atoms with van der Waals surface area (Å²) in [4.78, 5) is 13.5. The van der Waals surface area contributed by atoms with Gasteiger partial charge in [0.05, 0.1) is 6.61 Å². The molecule has 0 aliphatic rings. The molecule has 2 rings (SSSR count). The molecule has 1 amide bonds. The molecule has 0 aliphatic heterocycles. The molecule has 0 bridgehead atoms. The zero-order chi connectivity index (χ0) is 15.2. The second-order valence-corrected chi connectivity index (χ2v) is 4.53. The highest BCUT2D eigenvalue weighted by Gasteiger charge is 2.22. The van der Waals surface area contributed by atoms with E-state index in [4.69, 9.17) is 5.11 Å². The summed E-state index contributed by atoms with van der Waals surface area (Å²) in [5, 5.41) is 9.07. The van der Waals surface area contributed by atoms with Gasteiger partial charge in [-0.2, -0.15) is 0 Å². The van der Waals surface area contributed by atoms with E-state index >= 15 is 0 Å². The maximum atomic E-state index is 13.7. The molecule has 1 N–H and O–H groups in total. The van der Waals surface area contributed by atoms with Crippen LogP contribution in [0.3, 0.4) is 0 Å². The number of carbonyl (C=O) groups excluding carboxylic acids is 1. The molecular weight excluding hydrogens is 276 g/mol. The number of aliphatic hydroxyl groups is 1. The first kappa shape index (κ1) is 15.1. The third-order valence-electron chi connectivity index (χ3n) is 3.05. The average molecular weight is 291 g/mol. The monoisotopic (exact) mass is 291 g/mol. The summed E-state index contributed by atoms with van der Waals surface area (Å²) in [6.45, 7) is -0.107. The molecule has 0 saturated heterocycles. The van der Waals surface area contributed by atoms with Gasteiger partial charge < -0.3 is 10.0 Å². The van der Waals surface area contributed by atoms with E-state index in [0.717, 1.165) is 17.7 Å². The Balaban J connectivity index is 2.27. The predicted octanol–water partition coefficient (Wildman–Crippen LogP) is 2.60. The minimum Gasteiger partial charge on any atom is -0.395 e. The van der Waals surface area contributed by atoms with Crippen molar-refractivity contribution in [3.05, 3.63) is 71.3 Å². The Labute approximate surface area is 121 Å². The van der Waals surface area contributed by atoms with E-state index in [1.165, 1.54) is 11.0 Å². The molecule has 0 atom stereocenters. The van der Waals surface area contributed by atoms with Gasteiger partial charge in [-0.05, 0) is 17.7 Å². The summed E-state index contributed by atoms with van der Waals surface area (Å²) in [5.41, 5.74) is 0.220. The lowest BCUT2D eigenvalue weighted by atomic mass is 10.1. The molecule has 2 aromatic carbocycles. The number of halogens is 2. The summed E-state index contributed by atoms with van der Waals surface area (Å²) >= 11 is 0. The highest BCUT2D eigenvalue weighted by atomic mass is 19.1. The number of nitrogens with zero attached hydrogens (tertiary/aromatic N) is 1. The lowest BCUT2D eigenvalue weighted by Gasteiger charge is -2.22. The van der Waals surface area contributed by atoms with Crippen molar-refractivity contribution in [1.29, 1.82) is 0 Å². The molecule has 110 valence electrons. The molecule has 0 radical (unpaired) electrons. The van der Waals surface area contributed by atoms with Gasteiger partial charge in [0.1, 0.15) is 17.2 Å². The predicted molar refractivity (Wildman–Crippen MR) is 74.6 cm³/mol. The molecule has 0 unspecified atom stereocenters. The molecular formula is C16H15F2NO2. The summed E-state index contributed by atoms with van der Waals surface area (Å²) in [5.74, 6) is -2.59. The van der Waals surface area contributed by atoms with Crippen molar-refractivity contribution in [1.82, 2.24) is 4.90 Å². The number of rotatable bonds is 5. The van der Waals surface area contributed by atoms with E-state index in [9.17, 15) is 13.6 Å². The Kier molecular flexibility index (Phi) is 5.00. The first-order chi connectivity index (χ1) is 10.1. The SMILES string of the molecule is O=C(c1c(F)cccc1F)N(CCO)Cc1ccccc1. The second kappa shape index (κ2) is 6.95. The van der Waals surface area contributed by atoms with Gasteiger partial charge in [-0.15, -0.1) is 0 Å². The number of hydrogen-bond donors (Lipinski definition) is 1. The molecule has 21 heavy (non-hydrogen) atoms. The Hall–Kier alpha value is -2.27. The Bertz CT molecular complexity index is 597. The molecule has 5 heteroatoms. The van der Waals surface area contributed by atoms with Crippen molar-refractivity contribution in [2.24, 2.45) is 0 Å². The first-order valence-corrected chi connectivity index (χ1v) is 6.51. The number of carbonyl (C=O) groups is 1. The maximum Gasteiger partial charge on any atom is 0.260 e. The van der Waals surface area contributed by atoms with Crippen molar-refractivity contribution in [2.45, 2.75) is 6.54 Å². The standard InChI is InChI=1S/C16H15F2NO2/c17-13-7-4-8-14(18)15(13)16(21)19(9-10-20)11-12-5-2-1-3-6-12/h1-8,20H,9-11H2. The fourth-order valence-electron chi connectivity index (χ4n) is 2.04. The fourth-order valence-corrected chi connectivity index (χ4v) is 2.04. The van der Waals surface area contributed by atoms with Gasteiger partial charge in [-0.3, -0.25) is 4.79 Å². The number of hydrogen-bond acceptors (Lipinski definition) is 2. The van der Waals surface area contributed by atoms with E-state index in [1.54, 1.807) is 24.3 Å². The summed E-state index contributed by atoms with van der Waals surface area (Å²) < 4.78 is 27.4.